The third-order valence-corrected chi connectivity index (χ3v) is 9.33. The Labute approximate surface area is 243 Å². The quantitative estimate of drug-likeness (QED) is 0.293. The van der Waals surface area contributed by atoms with Gasteiger partial charge in [-0.15, -0.1) is 0 Å². The maximum Gasteiger partial charge on any atom is 0.289 e. The summed E-state index contributed by atoms with van der Waals surface area (Å²) in [5.74, 6) is -3.04. The number of Topliss-reactive ketones (excluding diaryl/α,β-unsaturated/α-hetero) is 1. The van der Waals surface area contributed by atoms with Crippen LogP contribution in [-0.4, -0.2) is 64.5 Å². The second-order valence-corrected chi connectivity index (χ2v) is 12.2. The Bertz CT molecular complexity index is 1530. The topological polar surface area (TPSA) is 140 Å². The number of rotatable bonds is 9. The van der Waals surface area contributed by atoms with Gasteiger partial charge in [0, 0.05) is 36.5 Å². The predicted molar refractivity (Wildman–Crippen MR) is 155 cm³/mol. The lowest BCUT2D eigenvalue weighted by atomic mass is 9.94. The average Bonchev–Trinajstić information content (AvgIpc) is 3.50. The average molecular weight is 570 g/mol. The van der Waals surface area contributed by atoms with E-state index in [-0.39, 0.29) is 42.0 Å². The molecule has 4 amide bonds. The number of hydrogen-bond acceptors (Lipinski definition) is 5. The Kier molecular flexibility index (Phi) is 7.08. The van der Waals surface area contributed by atoms with Gasteiger partial charge in [0.1, 0.15) is 11.7 Å². The molecule has 10 nitrogen and oxygen atoms in total. The van der Waals surface area contributed by atoms with Crippen molar-refractivity contribution >= 4 is 40.3 Å². The van der Waals surface area contributed by atoms with Crippen LogP contribution in [0.2, 0.25) is 0 Å². The molecule has 1 aliphatic carbocycles. The van der Waals surface area contributed by atoms with Crippen LogP contribution in [0.4, 0.5) is 0 Å². The maximum absolute atomic E-state index is 14.0. The number of hydrogen-bond donors (Lipinski definition) is 4. The summed E-state index contributed by atoms with van der Waals surface area (Å²) in [7, 11) is 0. The number of aromatic nitrogens is 1. The number of piperidine rings is 1. The number of benzene rings is 2. The Hall–Kier alpha value is -4.47. The van der Waals surface area contributed by atoms with E-state index in [9.17, 15) is 24.0 Å². The summed E-state index contributed by atoms with van der Waals surface area (Å²) in [5, 5.41) is 9.10. The number of carbonyl (C=O) groups is 5. The highest BCUT2D eigenvalue weighted by atomic mass is 16.2. The van der Waals surface area contributed by atoms with Gasteiger partial charge in [0.15, 0.2) is 0 Å². The van der Waals surface area contributed by atoms with E-state index in [1.165, 1.54) is 0 Å². The minimum atomic E-state index is -1.20. The number of ketones is 1. The van der Waals surface area contributed by atoms with Crippen LogP contribution in [0.25, 0.3) is 10.9 Å². The van der Waals surface area contributed by atoms with E-state index < -0.39 is 35.6 Å². The first-order valence-electron chi connectivity index (χ1n) is 14.5. The Morgan fingerprint density at radius 3 is 2.50 bits per heavy atom. The lowest BCUT2D eigenvalue weighted by Crippen LogP contribution is -2.55. The van der Waals surface area contributed by atoms with Gasteiger partial charge >= 0.3 is 0 Å². The van der Waals surface area contributed by atoms with E-state index >= 15 is 0 Å². The summed E-state index contributed by atoms with van der Waals surface area (Å²) in [4.78, 5) is 71.2. The molecule has 1 aromatic heterocycles. The van der Waals surface area contributed by atoms with Gasteiger partial charge in [-0.1, -0.05) is 62.4 Å². The van der Waals surface area contributed by atoms with Crippen LogP contribution in [-0.2, 0) is 25.7 Å². The minimum Gasteiger partial charge on any atom is -0.356 e. The van der Waals surface area contributed by atoms with Gasteiger partial charge in [-0.05, 0) is 47.8 Å². The molecule has 218 valence electrons. The summed E-state index contributed by atoms with van der Waals surface area (Å²) in [6.07, 6.45) is 0.519. The van der Waals surface area contributed by atoms with Gasteiger partial charge in [0.05, 0.1) is 6.04 Å². The summed E-state index contributed by atoms with van der Waals surface area (Å²) in [6.45, 7) is 5.21. The fourth-order valence-corrected chi connectivity index (χ4v) is 6.81. The number of para-hydroxylation sites is 1. The molecule has 6 rings (SSSR count). The molecule has 3 heterocycles. The molecule has 5 unspecified atom stereocenters. The van der Waals surface area contributed by atoms with E-state index in [1.807, 2.05) is 54.6 Å². The lowest BCUT2D eigenvalue weighted by molar-refractivity contribution is -0.141. The molecule has 0 bridgehead atoms. The van der Waals surface area contributed by atoms with Gasteiger partial charge in [-0.25, -0.2) is 0 Å². The fraction of sp³-hybridized carbons (Fsp3) is 0.406. The first-order chi connectivity index (χ1) is 20.1. The highest BCUT2D eigenvalue weighted by Crippen LogP contribution is 2.65. The highest BCUT2D eigenvalue weighted by Gasteiger charge is 2.69. The zero-order valence-corrected chi connectivity index (χ0v) is 23.7. The number of H-pyrrole nitrogens is 1. The highest BCUT2D eigenvalue weighted by molar-refractivity contribution is 6.38. The molecule has 0 spiro atoms. The first-order valence-corrected chi connectivity index (χ1v) is 14.5. The van der Waals surface area contributed by atoms with Crippen LogP contribution >= 0.6 is 0 Å². The third kappa shape index (κ3) is 5.06. The van der Waals surface area contributed by atoms with Crippen molar-refractivity contribution in [2.45, 2.75) is 45.3 Å². The number of likely N-dealkylation sites (tertiary alicyclic amines) is 1. The van der Waals surface area contributed by atoms with E-state index in [0.717, 1.165) is 16.5 Å². The first kappa shape index (κ1) is 27.7. The van der Waals surface area contributed by atoms with Gasteiger partial charge in [0.25, 0.3) is 11.8 Å². The molecule has 2 aliphatic heterocycles. The largest absolute Gasteiger partial charge is 0.356 e. The van der Waals surface area contributed by atoms with Crippen LogP contribution in [0.5, 0.6) is 0 Å². The molecule has 4 N–H and O–H groups in total. The van der Waals surface area contributed by atoms with E-state index in [4.69, 9.17) is 0 Å². The van der Waals surface area contributed by atoms with Crippen LogP contribution in [0.3, 0.4) is 0 Å². The maximum atomic E-state index is 14.0. The van der Waals surface area contributed by atoms with Crippen molar-refractivity contribution in [2.24, 2.45) is 23.2 Å². The van der Waals surface area contributed by atoms with Crippen molar-refractivity contribution in [1.29, 1.82) is 0 Å². The Morgan fingerprint density at radius 1 is 1.05 bits per heavy atom. The van der Waals surface area contributed by atoms with Crippen LogP contribution in [0.1, 0.15) is 42.7 Å². The zero-order valence-electron chi connectivity index (χ0n) is 23.7. The number of aromatic amines is 1. The molecule has 0 radical (unpaired) electrons. The van der Waals surface area contributed by atoms with Crippen LogP contribution in [0, 0.1) is 23.2 Å². The summed E-state index contributed by atoms with van der Waals surface area (Å²) in [6, 6.07) is 16.6. The fourth-order valence-electron chi connectivity index (χ4n) is 6.81. The van der Waals surface area contributed by atoms with Crippen molar-refractivity contribution < 1.29 is 24.0 Å². The predicted octanol–water partition coefficient (Wildman–Crippen LogP) is 2.16. The molecular weight excluding hydrogens is 534 g/mol. The van der Waals surface area contributed by atoms with Crippen molar-refractivity contribution in [3.05, 3.63) is 71.9 Å². The smallest absolute Gasteiger partial charge is 0.289 e. The van der Waals surface area contributed by atoms with Crippen LogP contribution < -0.4 is 16.0 Å². The molecule has 2 saturated heterocycles. The zero-order chi connectivity index (χ0) is 29.6. The second kappa shape index (κ2) is 10.7. The number of fused-ring (bicyclic) bond motifs is 2. The molecule has 3 aromatic rings. The monoisotopic (exact) mass is 569 g/mol. The van der Waals surface area contributed by atoms with E-state index in [0.29, 0.717) is 25.2 Å². The number of carbonyl (C=O) groups excluding carboxylic acids is 5. The van der Waals surface area contributed by atoms with Crippen molar-refractivity contribution in [1.82, 2.24) is 25.8 Å². The minimum absolute atomic E-state index is 0.00926. The number of nitrogens with zero attached hydrogens (tertiary/aromatic N) is 1. The number of nitrogens with one attached hydrogen (secondary N) is 4. The summed E-state index contributed by atoms with van der Waals surface area (Å²) >= 11 is 0. The van der Waals surface area contributed by atoms with Crippen molar-refractivity contribution in [3.8, 4) is 0 Å². The number of amides is 4. The molecule has 1 saturated carbocycles. The van der Waals surface area contributed by atoms with Crippen molar-refractivity contribution in [3.63, 3.8) is 0 Å². The molecule has 2 aromatic carbocycles. The summed E-state index contributed by atoms with van der Waals surface area (Å²) in [5.41, 5.74) is 1.91. The molecule has 3 aliphatic rings. The van der Waals surface area contributed by atoms with E-state index in [1.54, 1.807) is 11.0 Å². The standard InChI is InChI=1S/C32H35N5O5/c1-32(2)21-17-37(31(42)24-14-19-10-6-7-11-22(19)35-24)26(25(21)32)29(40)36-23(15-20-12-13-33-28(20)39)27(38)30(41)34-16-18-8-4-3-5-9-18/h3-11,14,20-21,23,25-26,35H,12-13,15-17H2,1-2H3,(H,33,39)(H,34,41)(H,36,40). The third-order valence-electron chi connectivity index (χ3n) is 9.33. The molecular formula is C32H35N5O5. The Morgan fingerprint density at radius 2 is 1.79 bits per heavy atom. The second-order valence-electron chi connectivity index (χ2n) is 12.2. The van der Waals surface area contributed by atoms with Crippen molar-refractivity contribution in [2.75, 3.05) is 13.1 Å². The van der Waals surface area contributed by atoms with Crippen LogP contribution in [0.15, 0.2) is 60.7 Å². The molecule has 10 heteroatoms. The van der Waals surface area contributed by atoms with Gasteiger partial charge in [0.2, 0.25) is 17.6 Å². The van der Waals surface area contributed by atoms with Gasteiger partial charge in [-0.2, -0.15) is 0 Å². The molecule has 5 atom stereocenters. The van der Waals surface area contributed by atoms with Gasteiger partial charge < -0.3 is 25.8 Å². The van der Waals surface area contributed by atoms with E-state index in [2.05, 4.69) is 34.8 Å². The lowest BCUT2D eigenvalue weighted by Gasteiger charge is -2.31. The normalized spacial score (nSPS) is 24.5. The molecule has 3 fully saturated rings. The SMILES string of the molecule is CC1(C)C2CN(C(=O)c3cc4ccccc4[nH]3)C(C(=O)NC(CC3CCNC3=O)C(=O)C(=O)NCc3ccccc3)C21. The Balaban J connectivity index is 1.22. The van der Waals surface area contributed by atoms with Gasteiger partial charge in [-0.3, -0.25) is 24.0 Å². The molecule has 42 heavy (non-hydrogen) atoms. The summed E-state index contributed by atoms with van der Waals surface area (Å²) < 4.78 is 0.